The van der Waals surface area contributed by atoms with Crippen molar-refractivity contribution in [2.45, 2.75) is 19.3 Å². The SMILES string of the molecule is O=C(Cn1ccc(C(F)(F)F)n1)NCc1nnc2ccccn12. The first kappa shape index (κ1) is 15.0. The van der Waals surface area contributed by atoms with E-state index in [0.29, 0.717) is 11.5 Å². The molecule has 1 amide bonds. The van der Waals surface area contributed by atoms with Crippen molar-refractivity contribution < 1.29 is 18.0 Å². The van der Waals surface area contributed by atoms with E-state index in [-0.39, 0.29) is 13.1 Å². The van der Waals surface area contributed by atoms with Gasteiger partial charge in [-0.2, -0.15) is 18.3 Å². The highest BCUT2D eigenvalue weighted by atomic mass is 19.4. The molecule has 0 bridgehead atoms. The topological polar surface area (TPSA) is 77.1 Å². The zero-order valence-electron chi connectivity index (χ0n) is 11.7. The molecule has 0 saturated heterocycles. The summed E-state index contributed by atoms with van der Waals surface area (Å²) in [6.45, 7) is -0.204. The van der Waals surface area contributed by atoms with Gasteiger partial charge in [0.15, 0.2) is 17.2 Å². The van der Waals surface area contributed by atoms with Crippen molar-refractivity contribution in [3.63, 3.8) is 0 Å². The molecule has 10 heteroatoms. The summed E-state index contributed by atoms with van der Waals surface area (Å²) in [5, 5.41) is 13.8. The number of alkyl halides is 3. The summed E-state index contributed by atoms with van der Waals surface area (Å²) in [7, 11) is 0. The molecule has 3 heterocycles. The Balaban J connectivity index is 1.60. The molecule has 3 aromatic rings. The Morgan fingerprint density at radius 1 is 1.17 bits per heavy atom. The van der Waals surface area contributed by atoms with Crippen LogP contribution >= 0.6 is 0 Å². The molecule has 0 atom stereocenters. The smallest absolute Gasteiger partial charge is 0.347 e. The van der Waals surface area contributed by atoms with Crippen molar-refractivity contribution in [3.05, 3.63) is 48.2 Å². The lowest BCUT2D eigenvalue weighted by Crippen LogP contribution is -2.28. The Morgan fingerprint density at radius 3 is 2.74 bits per heavy atom. The molecule has 0 spiro atoms. The number of carbonyl (C=O) groups excluding carboxylic acids is 1. The molecule has 3 aromatic heterocycles. The van der Waals surface area contributed by atoms with Crippen molar-refractivity contribution >= 4 is 11.6 Å². The van der Waals surface area contributed by atoms with Crippen molar-refractivity contribution in [2.75, 3.05) is 0 Å². The lowest BCUT2D eigenvalue weighted by molar-refractivity contribution is -0.141. The summed E-state index contributed by atoms with van der Waals surface area (Å²) in [6.07, 6.45) is -1.67. The van der Waals surface area contributed by atoms with Crippen molar-refractivity contribution in [1.29, 1.82) is 0 Å². The van der Waals surface area contributed by atoms with Crippen LogP contribution in [0.15, 0.2) is 36.7 Å². The average molecular weight is 324 g/mol. The maximum Gasteiger partial charge on any atom is 0.435 e. The van der Waals surface area contributed by atoms with Gasteiger partial charge in [-0.15, -0.1) is 10.2 Å². The second kappa shape index (κ2) is 5.71. The van der Waals surface area contributed by atoms with Gasteiger partial charge in [0, 0.05) is 12.4 Å². The van der Waals surface area contributed by atoms with Crippen LogP contribution in [-0.4, -0.2) is 30.3 Å². The minimum absolute atomic E-state index is 0.109. The van der Waals surface area contributed by atoms with Crippen LogP contribution in [0.1, 0.15) is 11.5 Å². The van der Waals surface area contributed by atoms with Gasteiger partial charge in [0.05, 0.1) is 6.54 Å². The predicted molar refractivity (Wildman–Crippen MR) is 72.1 cm³/mol. The van der Waals surface area contributed by atoms with Crippen LogP contribution in [0.3, 0.4) is 0 Å². The minimum atomic E-state index is -4.53. The number of hydrogen-bond donors (Lipinski definition) is 1. The van der Waals surface area contributed by atoms with Gasteiger partial charge in [0.1, 0.15) is 6.54 Å². The number of pyridine rings is 1. The molecule has 0 radical (unpaired) electrons. The molecule has 0 aliphatic rings. The molecule has 1 N–H and O–H groups in total. The molecule has 0 fully saturated rings. The van der Waals surface area contributed by atoms with E-state index in [1.807, 2.05) is 6.07 Å². The highest BCUT2D eigenvalue weighted by Crippen LogP contribution is 2.27. The molecule has 7 nitrogen and oxygen atoms in total. The van der Waals surface area contributed by atoms with E-state index in [1.165, 1.54) is 0 Å². The molecule has 120 valence electrons. The summed E-state index contributed by atoms with van der Waals surface area (Å²) < 4.78 is 39.9. The highest BCUT2D eigenvalue weighted by molar-refractivity contribution is 5.75. The van der Waals surface area contributed by atoms with E-state index in [0.717, 1.165) is 16.9 Å². The molecule has 23 heavy (non-hydrogen) atoms. The summed E-state index contributed by atoms with van der Waals surface area (Å²) in [4.78, 5) is 11.8. The van der Waals surface area contributed by atoms with E-state index in [2.05, 4.69) is 20.6 Å². The Kier molecular flexibility index (Phi) is 3.72. The summed E-state index contributed by atoms with van der Waals surface area (Å²) in [5.74, 6) is 0.0416. The maximum atomic E-state index is 12.4. The van der Waals surface area contributed by atoms with Gasteiger partial charge in [-0.05, 0) is 18.2 Å². The zero-order valence-corrected chi connectivity index (χ0v) is 11.7. The number of rotatable bonds is 4. The predicted octanol–water partition coefficient (Wildman–Crippen LogP) is 1.26. The van der Waals surface area contributed by atoms with Gasteiger partial charge in [-0.1, -0.05) is 6.07 Å². The Morgan fingerprint density at radius 2 is 2.00 bits per heavy atom. The van der Waals surface area contributed by atoms with Crippen molar-refractivity contribution in [2.24, 2.45) is 0 Å². The minimum Gasteiger partial charge on any atom is -0.347 e. The Labute approximate surface area is 127 Å². The summed E-state index contributed by atoms with van der Waals surface area (Å²) in [5.41, 5.74) is -0.396. The number of halogens is 3. The zero-order chi connectivity index (χ0) is 16.4. The lowest BCUT2D eigenvalue weighted by atomic mass is 10.4. The van der Waals surface area contributed by atoms with E-state index in [4.69, 9.17) is 0 Å². The van der Waals surface area contributed by atoms with Gasteiger partial charge < -0.3 is 5.32 Å². The largest absolute Gasteiger partial charge is 0.435 e. The van der Waals surface area contributed by atoms with Crippen molar-refractivity contribution in [3.8, 4) is 0 Å². The number of amides is 1. The number of carbonyl (C=O) groups is 1. The lowest BCUT2D eigenvalue weighted by Gasteiger charge is -2.05. The molecular weight excluding hydrogens is 313 g/mol. The Bertz CT molecular complexity index is 837. The van der Waals surface area contributed by atoms with Crippen LogP contribution in [0.2, 0.25) is 0 Å². The first-order chi connectivity index (χ1) is 10.9. The van der Waals surface area contributed by atoms with E-state index >= 15 is 0 Å². The molecule has 0 saturated carbocycles. The third-order valence-corrected chi connectivity index (χ3v) is 3.06. The Hall–Kier alpha value is -2.91. The van der Waals surface area contributed by atoms with Crippen LogP contribution in [0, 0.1) is 0 Å². The van der Waals surface area contributed by atoms with Gasteiger partial charge in [-0.3, -0.25) is 13.9 Å². The molecule has 0 aliphatic carbocycles. The molecular formula is C13H11F3N6O. The first-order valence-electron chi connectivity index (χ1n) is 6.59. The number of aromatic nitrogens is 5. The van der Waals surface area contributed by atoms with E-state index in [9.17, 15) is 18.0 Å². The summed E-state index contributed by atoms with van der Waals surface area (Å²) in [6, 6.07) is 6.19. The van der Waals surface area contributed by atoms with Crippen LogP contribution in [-0.2, 0) is 24.1 Å². The monoisotopic (exact) mass is 324 g/mol. The average Bonchev–Trinajstić information content (AvgIpc) is 3.11. The fourth-order valence-electron chi connectivity index (χ4n) is 1.99. The quantitative estimate of drug-likeness (QED) is 0.784. The van der Waals surface area contributed by atoms with Gasteiger partial charge in [0.25, 0.3) is 0 Å². The third kappa shape index (κ3) is 3.30. The standard InChI is InChI=1S/C13H11F3N6O/c14-13(15,16)9-4-6-21(20-9)8-12(23)17-7-11-19-18-10-3-1-2-5-22(10)11/h1-6H,7-8H2,(H,17,23). The maximum absolute atomic E-state index is 12.4. The van der Waals surface area contributed by atoms with Crippen LogP contribution in [0.25, 0.3) is 5.65 Å². The van der Waals surface area contributed by atoms with E-state index < -0.39 is 17.8 Å². The second-order valence-corrected chi connectivity index (χ2v) is 4.72. The normalized spacial score (nSPS) is 11.8. The highest BCUT2D eigenvalue weighted by Gasteiger charge is 2.33. The third-order valence-electron chi connectivity index (χ3n) is 3.06. The molecule has 3 rings (SSSR count). The van der Waals surface area contributed by atoms with Gasteiger partial charge in [-0.25, -0.2) is 0 Å². The second-order valence-electron chi connectivity index (χ2n) is 4.72. The molecule has 0 unspecified atom stereocenters. The van der Waals surface area contributed by atoms with Crippen LogP contribution < -0.4 is 5.32 Å². The number of hydrogen-bond acceptors (Lipinski definition) is 4. The fourth-order valence-corrected chi connectivity index (χ4v) is 1.99. The molecule has 0 aliphatic heterocycles. The van der Waals surface area contributed by atoms with Crippen molar-refractivity contribution in [1.82, 2.24) is 29.7 Å². The number of nitrogens with zero attached hydrogens (tertiary/aromatic N) is 5. The van der Waals surface area contributed by atoms with E-state index in [1.54, 1.807) is 22.7 Å². The summed E-state index contributed by atoms with van der Waals surface area (Å²) >= 11 is 0. The van der Waals surface area contributed by atoms with Crippen LogP contribution in [0.4, 0.5) is 13.2 Å². The van der Waals surface area contributed by atoms with Gasteiger partial charge >= 0.3 is 6.18 Å². The molecule has 0 aromatic carbocycles. The first-order valence-corrected chi connectivity index (χ1v) is 6.59. The number of nitrogens with one attached hydrogen (secondary N) is 1. The van der Waals surface area contributed by atoms with Crippen LogP contribution in [0.5, 0.6) is 0 Å². The number of fused-ring (bicyclic) bond motifs is 1. The fraction of sp³-hybridized carbons (Fsp3) is 0.231. The van der Waals surface area contributed by atoms with Gasteiger partial charge in [0.2, 0.25) is 5.91 Å².